The van der Waals surface area contributed by atoms with Crippen molar-refractivity contribution in [2.75, 3.05) is 11.9 Å². The summed E-state index contributed by atoms with van der Waals surface area (Å²) >= 11 is 0. The summed E-state index contributed by atoms with van der Waals surface area (Å²) < 4.78 is 13.5. The molecule has 1 nitrogen and oxygen atoms in total. The van der Waals surface area contributed by atoms with Crippen LogP contribution in [0.15, 0.2) is 18.2 Å². The largest absolute Gasteiger partial charge is 0.382 e. The number of hydrogen-bond acceptors (Lipinski definition) is 1. The van der Waals surface area contributed by atoms with E-state index in [1.165, 1.54) is 6.07 Å². The Labute approximate surface area is 90.7 Å². The Kier molecular flexibility index (Phi) is 2.68. The maximum atomic E-state index is 13.5. The molecule has 1 heterocycles. The van der Waals surface area contributed by atoms with Crippen LogP contribution in [0.1, 0.15) is 32.3 Å². The molecule has 15 heavy (non-hydrogen) atoms. The molecular formula is C13H18FN. The van der Waals surface area contributed by atoms with Crippen molar-refractivity contribution < 1.29 is 4.39 Å². The van der Waals surface area contributed by atoms with Crippen LogP contribution in [0.5, 0.6) is 0 Å². The normalized spacial score (nSPS) is 21.3. The molecular weight excluding hydrogens is 189 g/mol. The lowest BCUT2D eigenvalue weighted by Gasteiger charge is -2.22. The number of hydrogen-bond donors (Lipinski definition) is 1. The Balaban J connectivity index is 2.33. The van der Waals surface area contributed by atoms with E-state index in [4.69, 9.17) is 0 Å². The molecule has 0 amide bonds. The first kappa shape index (κ1) is 10.5. The van der Waals surface area contributed by atoms with Gasteiger partial charge in [-0.05, 0) is 23.5 Å². The second kappa shape index (κ2) is 3.84. The number of benzene rings is 1. The summed E-state index contributed by atoms with van der Waals surface area (Å²) in [6.45, 7) is 7.57. The molecule has 1 aromatic rings. The molecule has 2 heteroatoms. The monoisotopic (exact) mass is 207 g/mol. The van der Waals surface area contributed by atoms with Crippen molar-refractivity contribution in [2.45, 2.75) is 26.7 Å². The highest BCUT2D eigenvalue weighted by molar-refractivity contribution is 5.58. The number of rotatable bonds is 2. The van der Waals surface area contributed by atoms with E-state index >= 15 is 0 Å². The first-order valence-corrected chi connectivity index (χ1v) is 5.63. The molecule has 0 aromatic heterocycles. The molecule has 0 radical (unpaired) electrons. The Bertz CT molecular complexity index is 360. The molecule has 0 spiro atoms. The lowest BCUT2D eigenvalue weighted by atomic mass is 9.82. The fraction of sp³-hybridized carbons (Fsp3) is 0.538. The predicted octanol–water partition coefficient (Wildman–Crippen LogP) is 3.63. The maximum absolute atomic E-state index is 13.5. The highest BCUT2D eigenvalue weighted by Crippen LogP contribution is 2.39. The smallest absolute Gasteiger partial charge is 0.146 e. The van der Waals surface area contributed by atoms with Crippen molar-refractivity contribution in [3.63, 3.8) is 0 Å². The molecule has 2 atom stereocenters. The van der Waals surface area contributed by atoms with Crippen LogP contribution >= 0.6 is 0 Å². The fourth-order valence-electron chi connectivity index (χ4n) is 2.29. The van der Waals surface area contributed by atoms with Crippen LogP contribution < -0.4 is 5.32 Å². The first-order chi connectivity index (χ1) is 7.11. The van der Waals surface area contributed by atoms with Crippen molar-refractivity contribution >= 4 is 5.69 Å². The second-order valence-electron chi connectivity index (χ2n) is 4.79. The summed E-state index contributed by atoms with van der Waals surface area (Å²) in [5, 5.41) is 3.18. The van der Waals surface area contributed by atoms with Gasteiger partial charge in [-0.1, -0.05) is 32.9 Å². The molecule has 1 aliphatic rings. The van der Waals surface area contributed by atoms with Gasteiger partial charge in [-0.15, -0.1) is 0 Å². The summed E-state index contributed by atoms with van der Waals surface area (Å²) in [6.07, 6.45) is 0. The van der Waals surface area contributed by atoms with E-state index in [1.54, 1.807) is 6.07 Å². The van der Waals surface area contributed by atoms with Gasteiger partial charge in [-0.3, -0.25) is 0 Å². The highest BCUT2D eigenvalue weighted by Gasteiger charge is 2.29. The van der Waals surface area contributed by atoms with Crippen LogP contribution in [0.3, 0.4) is 0 Å². The molecule has 1 aliphatic heterocycles. The van der Waals surface area contributed by atoms with Crippen LogP contribution in [0.25, 0.3) is 0 Å². The van der Waals surface area contributed by atoms with Gasteiger partial charge in [0, 0.05) is 12.5 Å². The number of para-hydroxylation sites is 1. The molecule has 0 saturated heterocycles. The molecule has 0 fully saturated rings. The lowest BCUT2D eigenvalue weighted by Crippen LogP contribution is -2.16. The molecule has 2 rings (SSSR count). The van der Waals surface area contributed by atoms with Crippen LogP contribution in [0, 0.1) is 17.7 Å². The predicted molar refractivity (Wildman–Crippen MR) is 61.6 cm³/mol. The summed E-state index contributed by atoms with van der Waals surface area (Å²) in [4.78, 5) is 0. The van der Waals surface area contributed by atoms with Crippen LogP contribution in [0.2, 0.25) is 0 Å². The maximum Gasteiger partial charge on any atom is 0.146 e. The molecule has 1 N–H and O–H groups in total. The second-order valence-corrected chi connectivity index (χ2v) is 4.79. The minimum absolute atomic E-state index is 0.119. The quantitative estimate of drug-likeness (QED) is 0.781. The zero-order valence-corrected chi connectivity index (χ0v) is 9.55. The van der Waals surface area contributed by atoms with E-state index in [9.17, 15) is 4.39 Å². The number of halogens is 1. The van der Waals surface area contributed by atoms with Gasteiger partial charge in [0.2, 0.25) is 0 Å². The minimum atomic E-state index is -0.119. The number of fused-ring (bicyclic) bond motifs is 1. The van der Waals surface area contributed by atoms with Crippen molar-refractivity contribution in [3.8, 4) is 0 Å². The summed E-state index contributed by atoms with van der Waals surface area (Å²) in [5.74, 6) is 1.55. The molecule has 0 saturated carbocycles. The minimum Gasteiger partial charge on any atom is -0.382 e. The van der Waals surface area contributed by atoms with Crippen LogP contribution in [-0.4, -0.2) is 6.54 Å². The third kappa shape index (κ3) is 1.73. The van der Waals surface area contributed by atoms with E-state index in [-0.39, 0.29) is 5.82 Å². The van der Waals surface area contributed by atoms with E-state index in [0.29, 0.717) is 17.8 Å². The van der Waals surface area contributed by atoms with Crippen molar-refractivity contribution in [1.82, 2.24) is 0 Å². The van der Waals surface area contributed by atoms with Gasteiger partial charge in [0.1, 0.15) is 5.82 Å². The van der Waals surface area contributed by atoms with Crippen LogP contribution in [-0.2, 0) is 0 Å². The first-order valence-electron chi connectivity index (χ1n) is 5.63. The van der Waals surface area contributed by atoms with E-state index in [2.05, 4.69) is 26.1 Å². The molecule has 82 valence electrons. The molecule has 0 bridgehead atoms. The van der Waals surface area contributed by atoms with E-state index < -0.39 is 0 Å². The summed E-state index contributed by atoms with van der Waals surface area (Å²) in [7, 11) is 0. The summed E-state index contributed by atoms with van der Waals surface area (Å²) in [5.41, 5.74) is 1.87. The van der Waals surface area contributed by atoms with Gasteiger partial charge in [-0.2, -0.15) is 0 Å². The van der Waals surface area contributed by atoms with Crippen molar-refractivity contribution in [3.05, 3.63) is 29.6 Å². The third-order valence-corrected chi connectivity index (χ3v) is 3.63. The number of anilines is 1. The van der Waals surface area contributed by atoms with Crippen molar-refractivity contribution in [2.24, 2.45) is 11.8 Å². The highest BCUT2D eigenvalue weighted by atomic mass is 19.1. The Morgan fingerprint density at radius 2 is 2.07 bits per heavy atom. The van der Waals surface area contributed by atoms with E-state index in [0.717, 1.165) is 17.8 Å². The number of nitrogens with one attached hydrogen (secondary N) is 1. The van der Waals surface area contributed by atoms with Gasteiger partial charge in [0.25, 0.3) is 0 Å². The van der Waals surface area contributed by atoms with E-state index in [1.807, 2.05) is 6.07 Å². The standard InChI is InChI=1S/C13H18FN/c1-8(2)9(3)11-7-15-13-10(11)5-4-6-12(13)14/h4-6,8-9,11,15H,7H2,1-3H3. The lowest BCUT2D eigenvalue weighted by molar-refractivity contribution is 0.362. The zero-order valence-electron chi connectivity index (χ0n) is 9.55. The Morgan fingerprint density at radius 3 is 2.73 bits per heavy atom. The summed E-state index contributed by atoms with van der Waals surface area (Å²) in [6, 6.07) is 5.37. The average Bonchev–Trinajstić information content (AvgIpc) is 2.61. The van der Waals surface area contributed by atoms with Crippen LogP contribution in [0.4, 0.5) is 10.1 Å². The van der Waals surface area contributed by atoms with Gasteiger partial charge in [0.15, 0.2) is 0 Å². The molecule has 1 aromatic carbocycles. The molecule has 2 unspecified atom stereocenters. The van der Waals surface area contributed by atoms with Gasteiger partial charge >= 0.3 is 0 Å². The fourth-order valence-corrected chi connectivity index (χ4v) is 2.29. The average molecular weight is 207 g/mol. The Morgan fingerprint density at radius 1 is 1.33 bits per heavy atom. The zero-order chi connectivity index (χ0) is 11.0. The topological polar surface area (TPSA) is 12.0 Å². The van der Waals surface area contributed by atoms with Crippen molar-refractivity contribution in [1.29, 1.82) is 0 Å². The van der Waals surface area contributed by atoms with Gasteiger partial charge in [-0.25, -0.2) is 4.39 Å². The van der Waals surface area contributed by atoms with Gasteiger partial charge in [0.05, 0.1) is 5.69 Å². The molecule has 0 aliphatic carbocycles. The van der Waals surface area contributed by atoms with Gasteiger partial charge < -0.3 is 5.32 Å². The third-order valence-electron chi connectivity index (χ3n) is 3.63. The SMILES string of the molecule is CC(C)C(C)C1CNc2c(F)cccc21. The Hall–Kier alpha value is -1.05.